The van der Waals surface area contributed by atoms with Gasteiger partial charge in [-0.05, 0) is 43.0 Å². The molecule has 3 atom stereocenters. The molecule has 1 aliphatic heterocycles. The van der Waals surface area contributed by atoms with Crippen molar-refractivity contribution in [3.63, 3.8) is 0 Å². The van der Waals surface area contributed by atoms with Crippen LogP contribution in [-0.4, -0.2) is 70.3 Å². The first-order valence-corrected chi connectivity index (χ1v) is 14.7. The number of amides is 3. The van der Waals surface area contributed by atoms with Crippen LogP contribution < -0.4 is 15.4 Å². The fourth-order valence-electron chi connectivity index (χ4n) is 4.56. The number of sulfonamides is 1. The van der Waals surface area contributed by atoms with Gasteiger partial charge in [0.1, 0.15) is 6.04 Å². The highest BCUT2D eigenvalue weighted by atomic mass is 32.2. The quantitative estimate of drug-likeness (QED) is 0.273. The summed E-state index contributed by atoms with van der Waals surface area (Å²) in [6.45, 7) is 4.29. The molecule has 14 nitrogen and oxygen atoms in total. The Bertz CT molecular complexity index is 1520. The van der Waals surface area contributed by atoms with Crippen LogP contribution in [0.2, 0.25) is 0 Å². The predicted molar refractivity (Wildman–Crippen MR) is 147 cm³/mol. The Hall–Kier alpha value is -4.37. The number of hydrogen-bond acceptors (Lipinski definition) is 9. The highest BCUT2D eigenvalue weighted by Crippen LogP contribution is 2.36. The fraction of sp³-hybridized carbons (Fsp3) is 0.385. The molecule has 3 amide bonds. The Labute approximate surface area is 236 Å². The molecule has 0 spiro atoms. The molecule has 1 fully saturated rings. The SMILES string of the molecule is Cc1ccccc1NC(=O)Nc1ccc(CC(=O)N2CCC(C)C2c2noc(CC(NS(C)(=O)=O)C(=O)O)n2)nc1. The molecule has 0 saturated carbocycles. The van der Waals surface area contributed by atoms with Crippen LogP contribution in [0.25, 0.3) is 0 Å². The van der Waals surface area contributed by atoms with E-state index in [1.807, 2.05) is 36.8 Å². The molecule has 3 heterocycles. The topological polar surface area (TPSA) is 197 Å². The van der Waals surface area contributed by atoms with Crippen LogP contribution in [0.1, 0.15) is 42.4 Å². The van der Waals surface area contributed by atoms with Gasteiger partial charge >= 0.3 is 12.0 Å². The minimum atomic E-state index is -3.78. The lowest BCUT2D eigenvalue weighted by atomic mass is 10.0. The number of carbonyl (C=O) groups excluding carboxylic acids is 2. The van der Waals surface area contributed by atoms with Gasteiger partial charge in [-0.1, -0.05) is 30.3 Å². The number of carbonyl (C=O) groups is 3. The number of aryl methyl sites for hydroxylation is 1. The van der Waals surface area contributed by atoms with Crippen molar-refractivity contribution in [2.75, 3.05) is 23.4 Å². The van der Waals surface area contributed by atoms with Crippen molar-refractivity contribution in [3.8, 4) is 0 Å². The van der Waals surface area contributed by atoms with Gasteiger partial charge in [-0.2, -0.15) is 4.98 Å². The molecule has 3 unspecified atom stereocenters. The number of rotatable bonds is 10. The lowest BCUT2D eigenvalue weighted by Crippen LogP contribution is -2.41. The number of nitrogens with zero attached hydrogens (tertiary/aromatic N) is 4. The molecule has 1 saturated heterocycles. The summed E-state index contributed by atoms with van der Waals surface area (Å²) < 4.78 is 30.2. The second-order valence-corrected chi connectivity index (χ2v) is 11.7. The van der Waals surface area contributed by atoms with Gasteiger partial charge in [0.2, 0.25) is 21.8 Å². The van der Waals surface area contributed by atoms with Gasteiger partial charge in [-0.15, -0.1) is 0 Å². The van der Waals surface area contributed by atoms with Gasteiger partial charge in [-0.3, -0.25) is 14.6 Å². The minimum absolute atomic E-state index is 0.000106. The van der Waals surface area contributed by atoms with Gasteiger partial charge in [0.05, 0.1) is 37.0 Å². The lowest BCUT2D eigenvalue weighted by Gasteiger charge is -2.24. The van der Waals surface area contributed by atoms with Crippen LogP contribution in [0, 0.1) is 12.8 Å². The summed E-state index contributed by atoms with van der Waals surface area (Å²) in [4.78, 5) is 47.3. The third-order valence-electron chi connectivity index (χ3n) is 6.61. The monoisotopic (exact) mass is 585 g/mol. The Morgan fingerprint density at radius 1 is 1.17 bits per heavy atom. The van der Waals surface area contributed by atoms with E-state index in [0.29, 0.717) is 30.0 Å². The Morgan fingerprint density at radius 2 is 1.93 bits per heavy atom. The van der Waals surface area contributed by atoms with Gasteiger partial charge in [-0.25, -0.2) is 17.9 Å². The van der Waals surface area contributed by atoms with Crippen LogP contribution in [-0.2, 0) is 32.5 Å². The highest BCUT2D eigenvalue weighted by Gasteiger charge is 2.39. The summed E-state index contributed by atoms with van der Waals surface area (Å²) in [5, 5.41) is 18.8. The summed E-state index contributed by atoms with van der Waals surface area (Å²) in [7, 11) is -3.78. The van der Waals surface area contributed by atoms with Crippen molar-refractivity contribution in [2.24, 2.45) is 5.92 Å². The number of para-hydroxylation sites is 1. The Balaban J connectivity index is 1.37. The largest absolute Gasteiger partial charge is 0.480 e. The molecular weight excluding hydrogens is 554 g/mol. The number of likely N-dealkylation sites (tertiary alicyclic amines) is 1. The molecule has 0 bridgehead atoms. The summed E-state index contributed by atoms with van der Waals surface area (Å²) in [5.74, 6) is -1.44. The van der Waals surface area contributed by atoms with E-state index in [1.54, 1.807) is 23.1 Å². The summed E-state index contributed by atoms with van der Waals surface area (Å²) in [6.07, 6.45) is 2.67. The zero-order chi connectivity index (χ0) is 29.7. The zero-order valence-corrected chi connectivity index (χ0v) is 23.5. The second kappa shape index (κ2) is 12.4. The summed E-state index contributed by atoms with van der Waals surface area (Å²) >= 11 is 0. The average Bonchev–Trinajstić information content (AvgIpc) is 3.51. The van der Waals surface area contributed by atoms with Crippen molar-refractivity contribution >= 4 is 39.3 Å². The Kier molecular flexibility index (Phi) is 8.98. The molecule has 41 heavy (non-hydrogen) atoms. The van der Waals surface area contributed by atoms with Crippen molar-refractivity contribution < 1.29 is 32.4 Å². The van der Waals surface area contributed by atoms with Crippen molar-refractivity contribution in [2.45, 2.75) is 45.2 Å². The third kappa shape index (κ3) is 7.85. The van der Waals surface area contributed by atoms with Crippen LogP contribution in [0.4, 0.5) is 16.2 Å². The normalized spacial score (nSPS) is 17.7. The molecule has 3 aromatic rings. The van der Waals surface area contributed by atoms with Crippen molar-refractivity contribution in [1.29, 1.82) is 0 Å². The maximum Gasteiger partial charge on any atom is 0.323 e. The molecule has 0 aliphatic carbocycles. The van der Waals surface area contributed by atoms with Gasteiger partial charge in [0.25, 0.3) is 0 Å². The van der Waals surface area contributed by atoms with E-state index in [1.165, 1.54) is 6.20 Å². The van der Waals surface area contributed by atoms with E-state index in [2.05, 4.69) is 25.8 Å². The summed E-state index contributed by atoms with van der Waals surface area (Å²) in [6, 6.07) is 8.31. The lowest BCUT2D eigenvalue weighted by molar-refractivity contribution is -0.139. The van der Waals surface area contributed by atoms with Crippen LogP contribution >= 0.6 is 0 Å². The van der Waals surface area contributed by atoms with E-state index >= 15 is 0 Å². The predicted octanol–water partition coefficient (Wildman–Crippen LogP) is 2.11. The van der Waals surface area contributed by atoms with E-state index in [-0.39, 0.29) is 36.4 Å². The maximum atomic E-state index is 13.2. The standard InChI is InChI=1S/C26H31N7O7S/c1-15-6-4-5-7-19(15)29-26(37)28-18-9-8-17(27-14-18)12-22(34)33-11-10-16(2)23(33)24-30-21(40-31-24)13-20(25(35)36)32-41(3,38)39/h4-9,14,16,20,23,32H,10-13H2,1-3H3,(H,35,36)(H2,28,29,37). The number of hydrogen-bond donors (Lipinski definition) is 4. The fourth-order valence-corrected chi connectivity index (χ4v) is 5.26. The third-order valence-corrected chi connectivity index (χ3v) is 7.32. The molecule has 4 N–H and O–H groups in total. The van der Waals surface area contributed by atoms with Gasteiger partial charge < -0.3 is 25.2 Å². The molecular formula is C26H31N7O7S. The molecule has 4 rings (SSSR count). The number of nitrogens with one attached hydrogen (secondary N) is 3. The number of aromatic nitrogens is 3. The highest BCUT2D eigenvalue weighted by molar-refractivity contribution is 7.88. The zero-order valence-electron chi connectivity index (χ0n) is 22.7. The molecule has 0 radical (unpaired) electrons. The van der Waals surface area contributed by atoms with Crippen LogP contribution in [0.5, 0.6) is 0 Å². The van der Waals surface area contributed by atoms with E-state index < -0.39 is 34.1 Å². The Morgan fingerprint density at radius 3 is 2.59 bits per heavy atom. The molecule has 218 valence electrons. The first-order chi connectivity index (χ1) is 19.4. The second-order valence-electron chi connectivity index (χ2n) is 9.94. The van der Waals surface area contributed by atoms with E-state index in [4.69, 9.17) is 4.52 Å². The van der Waals surface area contributed by atoms with Crippen LogP contribution in [0.3, 0.4) is 0 Å². The summed E-state index contributed by atoms with van der Waals surface area (Å²) in [5.41, 5.74) is 2.58. The number of anilines is 2. The van der Waals surface area contributed by atoms with Gasteiger partial charge in [0.15, 0.2) is 5.82 Å². The van der Waals surface area contributed by atoms with E-state index in [0.717, 1.165) is 11.8 Å². The number of aliphatic carboxylic acids is 1. The first-order valence-electron chi connectivity index (χ1n) is 12.8. The number of carboxylic acid groups (broad SMARTS) is 1. The van der Waals surface area contributed by atoms with Gasteiger partial charge in [0, 0.05) is 17.9 Å². The maximum absolute atomic E-state index is 13.2. The molecule has 1 aromatic carbocycles. The van der Waals surface area contributed by atoms with Crippen molar-refractivity contribution in [3.05, 3.63) is 65.6 Å². The molecule has 2 aromatic heterocycles. The van der Waals surface area contributed by atoms with Crippen LogP contribution in [0.15, 0.2) is 47.1 Å². The number of pyridine rings is 1. The molecule has 1 aliphatic rings. The smallest absolute Gasteiger partial charge is 0.323 e. The minimum Gasteiger partial charge on any atom is -0.480 e. The number of urea groups is 1. The van der Waals surface area contributed by atoms with E-state index in [9.17, 15) is 27.9 Å². The first kappa shape index (κ1) is 29.6. The van der Waals surface area contributed by atoms with Crippen molar-refractivity contribution in [1.82, 2.24) is 24.7 Å². The molecule has 15 heteroatoms. The number of carboxylic acids is 1. The average molecular weight is 586 g/mol. The number of benzene rings is 1.